The molecule has 10 heteroatoms. The maximum absolute atomic E-state index is 12.6. The molecule has 2 aromatic rings. The number of carbonyl (C=O) groups is 3. The van der Waals surface area contributed by atoms with Crippen LogP contribution in [0.2, 0.25) is 0 Å². The molecule has 0 radical (unpaired) electrons. The molecule has 0 aliphatic carbocycles. The number of ether oxygens (including phenoxy) is 2. The molecule has 0 aromatic heterocycles. The molecule has 178 valence electrons. The fraction of sp³-hybridized carbons (Fsp3) is 0.348. The topological polar surface area (TPSA) is 128 Å². The largest absolute Gasteiger partial charge is 0.466 e. The molecule has 33 heavy (non-hydrogen) atoms. The molecule has 0 spiro atoms. The van der Waals surface area contributed by atoms with Crippen LogP contribution in [0.1, 0.15) is 42.6 Å². The van der Waals surface area contributed by atoms with Crippen LogP contribution in [-0.2, 0) is 29.1 Å². The highest BCUT2D eigenvalue weighted by atomic mass is 32.2. The van der Waals surface area contributed by atoms with Gasteiger partial charge in [-0.3, -0.25) is 14.3 Å². The van der Waals surface area contributed by atoms with Gasteiger partial charge >= 0.3 is 11.9 Å². The van der Waals surface area contributed by atoms with E-state index in [-0.39, 0.29) is 42.2 Å². The van der Waals surface area contributed by atoms with Crippen LogP contribution in [0, 0.1) is 6.92 Å². The third-order valence-corrected chi connectivity index (χ3v) is 5.95. The molecule has 0 aliphatic rings. The van der Waals surface area contributed by atoms with Gasteiger partial charge in [-0.15, -0.1) is 0 Å². The average Bonchev–Trinajstić information content (AvgIpc) is 2.77. The summed E-state index contributed by atoms with van der Waals surface area (Å²) in [6, 6.07) is 11.1. The first-order chi connectivity index (χ1) is 15.7. The molecule has 0 bridgehead atoms. The van der Waals surface area contributed by atoms with Crippen LogP contribution in [0.3, 0.4) is 0 Å². The molecule has 2 rings (SSSR count). The maximum atomic E-state index is 12.6. The van der Waals surface area contributed by atoms with E-state index in [2.05, 4.69) is 10.0 Å². The zero-order valence-electron chi connectivity index (χ0n) is 18.8. The van der Waals surface area contributed by atoms with Crippen molar-refractivity contribution >= 4 is 33.6 Å². The second kappa shape index (κ2) is 12.0. The Morgan fingerprint density at radius 2 is 1.52 bits per heavy atom. The molecule has 0 heterocycles. The van der Waals surface area contributed by atoms with E-state index in [0.717, 1.165) is 5.56 Å². The molecular weight excluding hydrogens is 448 g/mol. The number of carbonyl (C=O) groups excluding carboxylic acids is 3. The number of hydrogen-bond donors (Lipinski definition) is 2. The van der Waals surface area contributed by atoms with E-state index < -0.39 is 33.9 Å². The summed E-state index contributed by atoms with van der Waals surface area (Å²) >= 11 is 0. The highest BCUT2D eigenvalue weighted by Gasteiger charge is 2.24. The molecule has 0 saturated heterocycles. The molecule has 2 N–H and O–H groups in total. The number of hydrogen-bond acceptors (Lipinski definition) is 7. The summed E-state index contributed by atoms with van der Waals surface area (Å²) in [5.74, 6) is -1.70. The first-order valence-electron chi connectivity index (χ1n) is 10.5. The van der Waals surface area contributed by atoms with Crippen molar-refractivity contribution in [3.63, 3.8) is 0 Å². The lowest BCUT2D eigenvalue weighted by Crippen LogP contribution is -2.42. The number of nitrogens with one attached hydrogen (secondary N) is 2. The third kappa shape index (κ3) is 7.90. The molecule has 2 aromatic carbocycles. The zero-order valence-corrected chi connectivity index (χ0v) is 19.6. The lowest BCUT2D eigenvalue weighted by atomic mass is 10.1. The quantitative estimate of drug-likeness (QED) is 0.477. The van der Waals surface area contributed by atoms with Crippen molar-refractivity contribution in [1.29, 1.82) is 0 Å². The van der Waals surface area contributed by atoms with Crippen LogP contribution in [0.5, 0.6) is 0 Å². The van der Waals surface area contributed by atoms with E-state index in [1.165, 1.54) is 36.4 Å². The van der Waals surface area contributed by atoms with Crippen molar-refractivity contribution in [2.24, 2.45) is 0 Å². The molecular formula is C23H28N2O7S. The predicted octanol–water partition coefficient (Wildman–Crippen LogP) is 2.80. The van der Waals surface area contributed by atoms with Crippen LogP contribution in [0.25, 0.3) is 0 Å². The highest BCUT2D eigenvalue weighted by molar-refractivity contribution is 7.92. The Kier molecular flexibility index (Phi) is 9.41. The van der Waals surface area contributed by atoms with E-state index in [1.807, 2.05) is 6.92 Å². The molecule has 0 aliphatic heterocycles. The minimum absolute atomic E-state index is 0.0256. The highest BCUT2D eigenvalue weighted by Crippen LogP contribution is 2.17. The second-order valence-electron chi connectivity index (χ2n) is 7.12. The molecule has 1 unspecified atom stereocenters. The summed E-state index contributed by atoms with van der Waals surface area (Å²) in [5.41, 5.74) is 1.42. The first kappa shape index (κ1) is 25.9. The fourth-order valence-corrected chi connectivity index (χ4v) is 3.91. The molecule has 1 atom stereocenters. The zero-order chi connectivity index (χ0) is 24.4. The monoisotopic (exact) mass is 476 g/mol. The van der Waals surface area contributed by atoms with Crippen molar-refractivity contribution in [1.82, 2.24) is 5.32 Å². The first-order valence-corrected chi connectivity index (χ1v) is 12.0. The van der Waals surface area contributed by atoms with Crippen LogP contribution < -0.4 is 10.0 Å². The smallest absolute Gasteiger partial charge is 0.328 e. The van der Waals surface area contributed by atoms with Gasteiger partial charge < -0.3 is 14.8 Å². The van der Waals surface area contributed by atoms with Crippen molar-refractivity contribution in [3.05, 3.63) is 59.7 Å². The number of anilines is 1. The lowest BCUT2D eigenvalue weighted by Gasteiger charge is -2.17. The van der Waals surface area contributed by atoms with E-state index >= 15 is 0 Å². The van der Waals surface area contributed by atoms with Gasteiger partial charge in [0.2, 0.25) is 0 Å². The van der Waals surface area contributed by atoms with E-state index in [9.17, 15) is 22.8 Å². The molecule has 0 fully saturated rings. The fourth-order valence-electron chi connectivity index (χ4n) is 2.85. The number of benzene rings is 2. The van der Waals surface area contributed by atoms with E-state index in [0.29, 0.717) is 0 Å². The molecule has 0 saturated carbocycles. The lowest BCUT2D eigenvalue weighted by molar-refractivity contribution is -0.146. The van der Waals surface area contributed by atoms with Gasteiger partial charge in [0.15, 0.2) is 0 Å². The normalized spacial score (nSPS) is 11.8. The second-order valence-corrected chi connectivity index (χ2v) is 8.80. The van der Waals surface area contributed by atoms with Crippen molar-refractivity contribution in [2.45, 2.75) is 44.6 Å². The van der Waals surface area contributed by atoms with Crippen LogP contribution >= 0.6 is 0 Å². The van der Waals surface area contributed by atoms with Gasteiger partial charge in [-0.05, 0) is 63.6 Å². The Hall–Kier alpha value is -3.40. The number of rotatable bonds is 11. The predicted molar refractivity (Wildman–Crippen MR) is 122 cm³/mol. The maximum Gasteiger partial charge on any atom is 0.328 e. The summed E-state index contributed by atoms with van der Waals surface area (Å²) in [7, 11) is -3.78. The summed E-state index contributed by atoms with van der Waals surface area (Å²) < 4.78 is 37.3. The summed E-state index contributed by atoms with van der Waals surface area (Å²) in [6.45, 7) is 5.51. The van der Waals surface area contributed by atoms with E-state index in [1.54, 1.807) is 26.0 Å². The summed E-state index contributed by atoms with van der Waals surface area (Å²) in [4.78, 5) is 36.5. The van der Waals surface area contributed by atoms with Gasteiger partial charge in [-0.2, -0.15) is 0 Å². The van der Waals surface area contributed by atoms with Crippen LogP contribution in [0.15, 0.2) is 53.4 Å². The number of esters is 2. The van der Waals surface area contributed by atoms with Crippen LogP contribution in [-0.4, -0.2) is 45.5 Å². The van der Waals surface area contributed by atoms with Gasteiger partial charge in [0, 0.05) is 17.7 Å². The van der Waals surface area contributed by atoms with Gasteiger partial charge in [-0.25, -0.2) is 13.2 Å². The number of aryl methyl sites for hydroxylation is 1. The average molecular weight is 477 g/mol. The Morgan fingerprint density at radius 1 is 0.909 bits per heavy atom. The Morgan fingerprint density at radius 3 is 2.09 bits per heavy atom. The Balaban J connectivity index is 2.06. The molecule has 9 nitrogen and oxygen atoms in total. The minimum atomic E-state index is -3.78. The van der Waals surface area contributed by atoms with Crippen molar-refractivity contribution < 1.29 is 32.3 Å². The Bertz CT molecular complexity index is 1060. The number of sulfonamides is 1. The molecule has 1 amide bonds. The minimum Gasteiger partial charge on any atom is -0.466 e. The van der Waals surface area contributed by atoms with Crippen molar-refractivity contribution in [3.8, 4) is 0 Å². The SMILES string of the molecule is CCOC(=O)CCC(NC(=O)c1ccc(NS(=O)(=O)c2ccc(C)cc2)cc1)C(=O)OCC. The Labute approximate surface area is 193 Å². The van der Waals surface area contributed by atoms with Gasteiger partial charge in [0.1, 0.15) is 6.04 Å². The number of amides is 1. The van der Waals surface area contributed by atoms with E-state index in [4.69, 9.17) is 9.47 Å². The third-order valence-electron chi connectivity index (χ3n) is 4.55. The van der Waals surface area contributed by atoms with Gasteiger partial charge in [0.05, 0.1) is 18.1 Å². The van der Waals surface area contributed by atoms with Crippen LogP contribution in [0.4, 0.5) is 5.69 Å². The van der Waals surface area contributed by atoms with Gasteiger partial charge in [0.25, 0.3) is 15.9 Å². The summed E-state index contributed by atoms with van der Waals surface area (Å²) in [5, 5.41) is 2.55. The van der Waals surface area contributed by atoms with Crippen molar-refractivity contribution in [2.75, 3.05) is 17.9 Å². The summed E-state index contributed by atoms with van der Waals surface area (Å²) in [6.07, 6.45) is -0.0326. The van der Waals surface area contributed by atoms with Gasteiger partial charge in [-0.1, -0.05) is 17.7 Å². The standard InChI is InChI=1S/C23H28N2O7S/c1-4-31-21(26)15-14-20(23(28)32-5-2)24-22(27)17-8-10-18(11-9-17)25-33(29,30)19-12-6-16(3)7-13-19/h6-13,20,25H,4-5,14-15H2,1-3H3,(H,24,27).